The first-order valence-electron chi connectivity index (χ1n) is 12.3. The molecule has 0 aliphatic carbocycles. The van der Waals surface area contributed by atoms with E-state index in [0.717, 1.165) is 22.9 Å². The van der Waals surface area contributed by atoms with E-state index >= 15 is 0 Å². The number of hydrogen-bond acceptors (Lipinski definition) is 8. The summed E-state index contributed by atoms with van der Waals surface area (Å²) >= 11 is 0. The van der Waals surface area contributed by atoms with Crippen molar-refractivity contribution in [3.05, 3.63) is 93.7 Å². The average Bonchev–Trinajstić information content (AvgIpc) is 3.38. The van der Waals surface area contributed by atoms with Crippen molar-refractivity contribution < 1.29 is 31.7 Å². The zero-order chi connectivity index (χ0) is 29.9. The Hall–Kier alpha value is -4.88. The molecule has 0 fully saturated rings. The van der Waals surface area contributed by atoms with E-state index in [1.807, 2.05) is 0 Å². The van der Waals surface area contributed by atoms with Gasteiger partial charge in [0.1, 0.15) is 23.9 Å². The zero-order valence-corrected chi connectivity index (χ0v) is 21.8. The second-order valence-corrected chi connectivity index (χ2v) is 9.48. The number of carbonyl (C=O) groups is 2. The number of nitrogen functional groups attached to an aromatic ring is 1. The van der Waals surface area contributed by atoms with Gasteiger partial charge in [-0.25, -0.2) is 9.37 Å². The van der Waals surface area contributed by atoms with Crippen LogP contribution in [0, 0.1) is 11.7 Å². The molecule has 2 aromatic carbocycles. The molecule has 10 nitrogen and oxygen atoms in total. The first kappa shape index (κ1) is 29.1. The fourth-order valence-corrected chi connectivity index (χ4v) is 3.98. The number of anilines is 1. The van der Waals surface area contributed by atoms with Gasteiger partial charge in [-0.15, -0.1) is 0 Å². The van der Waals surface area contributed by atoms with Crippen LogP contribution in [0.25, 0.3) is 11.4 Å². The number of rotatable bonds is 9. The number of Topliss-reactive ketones (excluding diaryl/α,β-unsaturated/α-hetero) is 1. The molecule has 1 atom stereocenters. The van der Waals surface area contributed by atoms with Crippen LogP contribution in [0.2, 0.25) is 0 Å². The third-order valence-corrected chi connectivity index (χ3v) is 6.04. The second-order valence-electron chi connectivity index (χ2n) is 9.48. The SMILES string of the molecule is CC(C)[C@H](NC(=O)Cn1c(-c2ccc(F)cc2)ncc(N)c1=O)C(=O)c1noc(Cc2cccc(C(F)(F)F)c2)n1. The molecule has 2 aromatic heterocycles. The highest BCUT2D eigenvalue weighted by Crippen LogP contribution is 2.30. The van der Waals surface area contributed by atoms with Crippen molar-refractivity contribution in [2.24, 2.45) is 5.92 Å². The third-order valence-electron chi connectivity index (χ3n) is 6.04. The molecule has 0 saturated carbocycles. The zero-order valence-electron chi connectivity index (χ0n) is 21.8. The van der Waals surface area contributed by atoms with E-state index in [-0.39, 0.29) is 35.2 Å². The van der Waals surface area contributed by atoms with Crippen LogP contribution in [0.1, 0.15) is 41.5 Å². The van der Waals surface area contributed by atoms with Crippen molar-refractivity contribution in [1.29, 1.82) is 0 Å². The standard InChI is InChI=1S/C27H24F4N6O4/c1-14(2)22(23(39)24-35-21(41-36-24)11-15-4-3-5-17(10-15)27(29,30)31)34-20(38)13-37-25(33-12-19(32)26(37)40)16-6-8-18(28)9-7-16/h3-10,12,14,22H,11,13,32H2,1-2H3,(H,34,38)/t22-/m0/s1. The lowest BCUT2D eigenvalue weighted by atomic mass is 9.99. The van der Waals surface area contributed by atoms with E-state index in [0.29, 0.717) is 5.56 Å². The summed E-state index contributed by atoms with van der Waals surface area (Å²) < 4.78 is 58.5. The Balaban J connectivity index is 1.51. The molecule has 2 heterocycles. The molecule has 0 saturated heterocycles. The van der Waals surface area contributed by atoms with Crippen LogP contribution < -0.4 is 16.6 Å². The predicted octanol–water partition coefficient (Wildman–Crippen LogP) is 3.65. The van der Waals surface area contributed by atoms with Gasteiger partial charge in [0.15, 0.2) is 0 Å². The largest absolute Gasteiger partial charge is 0.416 e. The lowest BCUT2D eigenvalue weighted by Gasteiger charge is -2.20. The van der Waals surface area contributed by atoms with Gasteiger partial charge in [-0.05, 0) is 41.8 Å². The van der Waals surface area contributed by atoms with Gasteiger partial charge in [0.2, 0.25) is 23.4 Å². The van der Waals surface area contributed by atoms with Crippen LogP contribution in [-0.4, -0.2) is 37.4 Å². The highest BCUT2D eigenvalue weighted by atomic mass is 19.4. The van der Waals surface area contributed by atoms with Gasteiger partial charge in [0.05, 0.1) is 24.2 Å². The Kier molecular flexibility index (Phi) is 8.31. The molecule has 0 unspecified atom stereocenters. The summed E-state index contributed by atoms with van der Waals surface area (Å²) in [5, 5.41) is 6.20. The molecule has 0 radical (unpaired) electrons. The number of ketones is 1. The molecule has 4 rings (SSSR count). The van der Waals surface area contributed by atoms with E-state index in [9.17, 15) is 31.9 Å². The number of nitrogens with one attached hydrogen (secondary N) is 1. The fraction of sp³-hybridized carbons (Fsp3) is 0.259. The van der Waals surface area contributed by atoms with Crippen LogP contribution in [0.5, 0.6) is 0 Å². The summed E-state index contributed by atoms with van der Waals surface area (Å²) in [5.74, 6) is -2.81. The first-order chi connectivity index (χ1) is 19.3. The van der Waals surface area contributed by atoms with E-state index in [2.05, 4.69) is 20.4 Å². The fourth-order valence-electron chi connectivity index (χ4n) is 3.98. The maximum Gasteiger partial charge on any atom is 0.416 e. The molecule has 0 spiro atoms. The summed E-state index contributed by atoms with van der Waals surface area (Å²) in [7, 11) is 0. The highest BCUT2D eigenvalue weighted by molar-refractivity contribution is 5.99. The van der Waals surface area contributed by atoms with Gasteiger partial charge in [-0.1, -0.05) is 37.2 Å². The maximum absolute atomic E-state index is 13.4. The molecule has 4 aromatic rings. The van der Waals surface area contributed by atoms with Crippen LogP contribution in [0.3, 0.4) is 0 Å². The van der Waals surface area contributed by atoms with Gasteiger partial charge >= 0.3 is 6.18 Å². The Morgan fingerprint density at radius 2 is 1.83 bits per heavy atom. The van der Waals surface area contributed by atoms with E-state index in [4.69, 9.17) is 10.3 Å². The van der Waals surface area contributed by atoms with Crippen molar-refractivity contribution in [3.63, 3.8) is 0 Å². The Morgan fingerprint density at radius 1 is 1.12 bits per heavy atom. The van der Waals surface area contributed by atoms with E-state index in [1.54, 1.807) is 13.8 Å². The van der Waals surface area contributed by atoms with E-state index < -0.39 is 53.3 Å². The molecule has 0 bridgehead atoms. The molecule has 41 heavy (non-hydrogen) atoms. The van der Waals surface area contributed by atoms with Gasteiger partial charge in [-0.2, -0.15) is 18.2 Å². The molecule has 0 aliphatic rings. The number of alkyl halides is 3. The van der Waals surface area contributed by atoms with Crippen LogP contribution in [0.4, 0.5) is 23.2 Å². The van der Waals surface area contributed by atoms with Gasteiger partial charge in [0.25, 0.3) is 5.56 Å². The number of hydrogen-bond donors (Lipinski definition) is 2. The number of nitrogens with two attached hydrogens (primary N) is 1. The summed E-state index contributed by atoms with van der Waals surface area (Å²) in [6.45, 7) is 2.75. The minimum atomic E-state index is -4.53. The molecular weight excluding hydrogens is 548 g/mol. The Labute approximate surface area is 230 Å². The minimum absolute atomic E-state index is 0.0594. The van der Waals surface area contributed by atoms with E-state index in [1.165, 1.54) is 36.4 Å². The predicted molar refractivity (Wildman–Crippen MR) is 138 cm³/mol. The third kappa shape index (κ3) is 6.83. The van der Waals surface area contributed by atoms with Crippen molar-refractivity contribution in [2.45, 2.75) is 39.0 Å². The van der Waals surface area contributed by atoms with Crippen molar-refractivity contribution in [2.75, 3.05) is 5.73 Å². The molecular formula is C27H24F4N6O4. The number of benzene rings is 2. The Bertz CT molecular complexity index is 1630. The minimum Gasteiger partial charge on any atom is -0.393 e. The number of carbonyl (C=O) groups excluding carboxylic acids is 2. The van der Waals surface area contributed by atoms with Crippen LogP contribution >= 0.6 is 0 Å². The van der Waals surface area contributed by atoms with Crippen LogP contribution in [0.15, 0.2) is 64.0 Å². The molecule has 214 valence electrons. The quantitative estimate of drug-likeness (QED) is 0.228. The summed E-state index contributed by atoms with van der Waals surface area (Å²) in [5.41, 5.74) is 4.53. The number of halogens is 4. The first-order valence-corrected chi connectivity index (χ1v) is 12.3. The number of aromatic nitrogens is 4. The highest BCUT2D eigenvalue weighted by Gasteiger charge is 2.31. The van der Waals surface area contributed by atoms with Gasteiger partial charge in [0, 0.05) is 5.56 Å². The second kappa shape index (κ2) is 11.7. The molecule has 3 N–H and O–H groups in total. The normalized spacial score (nSPS) is 12.4. The molecule has 14 heteroatoms. The number of nitrogens with zero attached hydrogens (tertiary/aromatic N) is 4. The summed E-state index contributed by atoms with van der Waals surface area (Å²) in [6.07, 6.45) is -3.55. The topological polar surface area (TPSA) is 146 Å². The maximum atomic E-state index is 13.4. The molecule has 1 amide bonds. The van der Waals surface area contributed by atoms with Crippen LogP contribution in [-0.2, 0) is 23.9 Å². The van der Waals surface area contributed by atoms with Crippen molar-refractivity contribution in [1.82, 2.24) is 25.0 Å². The number of amides is 1. The van der Waals surface area contributed by atoms with Gasteiger partial charge < -0.3 is 15.6 Å². The smallest absolute Gasteiger partial charge is 0.393 e. The molecule has 0 aliphatic heterocycles. The lowest BCUT2D eigenvalue weighted by molar-refractivity contribution is -0.137. The van der Waals surface area contributed by atoms with Crippen molar-refractivity contribution >= 4 is 17.4 Å². The summed E-state index contributed by atoms with van der Waals surface area (Å²) in [6, 6.07) is 8.53. The van der Waals surface area contributed by atoms with Gasteiger partial charge in [-0.3, -0.25) is 19.0 Å². The Morgan fingerprint density at radius 3 is 2.49 bits per heavy atom. The monoisotopic (exact) mass is 572 g/mol. The summed E-state index contributed by atoms with van der Waals surface area (Å²) in [4.78, 5) is 47.1. The average molecular weight is 573 g/mol. The lowest BCUT2D eigenvalue weighted by Crippen LogP contribution is -2.47. The van der Waals surface area contributed by atoms with Crippen molar-refractivity contribution in [3.8, 4) is 11.4 Å².